The molecule has 9 heteroatoms. The van der Waals surface area contributed by atoms with E-state index in [4.69, 9.17) is 0 Å². The molecule has 1 saturated heterocycles. The molecule has 2 rings (SSSR count). The summed E-state index contributed by atoms with van der Waals surface area (Å²) in [4.78, 5) is 8.88. The Labute approximate surface area is 176 Å². The largest absolute Gasteiger partial charge is 0.416 e. The highest BCUT2D eigenvalue weighted by Gasteiger charge is 2.30. The van der Waals surface area contributed by atoms with E-state index in [0.29, 0.717) is 17.6 Å². The van der Waals surface area contributed by atoms with Crippen molar-refractivity contribution >= 4 is 29.9 Å². The van der Waals surface area contributed by atoms with Crippen molar-refractivity contribution in [1.29, 1.82) is 0 Å². The molecule has 0 aliphatic carbocycles. The van der Waals surface area contributed by atoms with Gasteiger partial charge in [-0.25, -0.2) is 0 Å². The second-order valence-corrected chi connectivity index (χ2v) is 6.69. The van der Waals surface area contributed by atoms with Gasteiger partial charge in [-0.3, -0.25) is 9.89 Å². The average Bonchev–Trinajstić information content (AvgIpc) is 2.61. The minimum atomic E-state index is -4.33. The summed E-state index contributed by atoms with van der Waals surface area (Å²) in [5, 5.41) is 6.33. The standard InChI is InChI=1S/C18H28F3N5.HI/c1-14(26-9-7-25(3)8-10-26)12-23-17(22-2)24-13-15-5-4-6-16(11-15)18(19,20)21;/h4-6,11,14H,7-10,12-13H2,1-3H3,(H2,22,23,24);1H. The van der Waals surface area contributed by atoms with Crippen molar-refractivity contribution in [3.63, 3.8) is 0 Å². The molecule has 27 heavy (non-hydrogen) atoms. The van der Waals surface area contributed by atoms with Gasteiger partial charge in [0.1, 0.15) is 0 Å². The van der Waals surface area contributed by atoms with Crippen LogP contribution >= 0.6 is 24.0 Å². The minimum absolute atomic E-state index is 0. The third kappa shape index (κ3) is 7.82. The number of nitrogens with zero attached hydrogens (tertiary/aromatic N) is 3. The number of alkyl halides is 3. The van der Waals surface area contributed by atoms with Crippen LogP contribution in [0.1, 0.15) is 18.1 Å². The van der Waals surface area contributed by atoms with E-state index in [9.17, 15) is 13.2 Å². The topological polar surface area (TPSA) is 42.9 Å². The Morgan fingerprint density at radius 1 is 1.19 bits per heavy atom. The SMILES string of the molecule is CN=C(NCc1cccc(C(F)(F)F)c1)NCC(C)N1CCN(C)CC1.I. The van der Waals surface area contributed by atoms with Crippen LogP contribution in [0.4, 0.5) is 13.2 Å². The van der Waals surface area contributed by atoms with Crippen molar-refractivity contribution in [2.24, 2.45) is 4.99 Å². The molecule has 1 aromatic rings. The lowest BCUT2D eigenvalue weighted by Gasteiger charge is -2.36. The maximum Gasteiger partial charge on any atom is 0.416 e. The fourth-order valence-electron chi connectivity index (χ4n) is 2.90. The number of rotatable bonds is 5. The summed E-state index contributed by atoms with van der Waals surface area (Å²) in [6, 6.07) is 5.69. The molecule has 0 bridgehead atoms. The molecule has 0 aromatic heterocycles. The molecule has 1 atom stereocenters. The van der Waals surface area contributed by atoms with Gasteiger partial charge in [0.15, 0.2) is 5.96 Å². The monoisotopic (exact) mass is 499 g/mol. The van der Waals surface area contributed by atoms with Crippen LogP contribution < -0.4 is 10.6 Å². The molecule has 1 aliphatic rings. The number of piperazine rings is 1. The van der Waals surface area contributed by atoms with E-state index in [2.05, 4.69) is 39.4 Å². The Morgan fingerprint density at radius 3 is 2.44 bits per heavy atom. The van der Waals surface area contributed by atoms with Crippen molar-refractivity contribution < 1.29 is 13.2 Å². The summed E-state index contributed by atoms with van der Waals surface area (Å²) >= 11 is 0. The van der Waals surface area contributed by atoms with Crippen LogP contribution in [0.25, 0.3) is 0 Å². The molecular weight excluding hydrogens is 470 g/mol. The number of guanidine groups is 1. The molecule has 1 unspecified atom stereocenters. The van der Waals surface area contributed by atoms with E-state index in [0.717, 1.165) is 44.9 Å². The zero-order chi connectivity index (χ0) is 19.2. The number of benzene rings is 1. The number of nitrogens with one attached hydrogen (secondary N) is 2. The summed E-state index contributed by atoms with van der Waals surface area (Å²) < 4.78 is 38.3. The fraction of sp³-hybridized carbons (Fsp3) is 0.611. The molecule has 154 valence electrons. The van der Waals surface area contributed by atoms with E-state index >= 15 is 0 Å². The average molecular weight is 499 g/mol. The Hall–Kier alpha value is -1.07. The second-order valence-electron chi connectivity index (χ2n) is 6.69. The Morgan fingerprint density at radius 2 is 1.85 bits per heavy atom. The van der Waals surface area contributed by atoms with Gasteiger partial charge in [0.25, 0.3) is 0 Å². The summed E-state index contributed by atoms with van der Waals surface area (Å²) in [6.45, 7) is 7.38. The highest BCUT2D eigenvalue weighted by molar-refractivity contribution is 14.0. The normalized spacial score (nSPS) is 17.9. The molecule has 1 aromatic carbocycles. The van der Waals surface area contributed by atoms with E-state index < -0.39 is 11.7 Å². The Bertz CT molecular complexity index is 601. The zero-order valence-corrected chi connectivity index (χ0v) is 18.3. The highest BCUT2D eigenvalue weighted by atomic mass is 127. The smallest absolute Gasteiger partial charge is 0.355 e. The lowest BCUT2D eigenvalue weighted by Crippen LogP contribution is -2.52. The van der Waals surface area contributed by atoms with Gasteiger partial charge in [-0.15, -0.1) is 24.0 Å². The minimum Gasteiger partial charge on any atom is -0.355 e. The maximum atomic E-state index is 12.8. The number of halogens is 4. The lowest BCUT2D eigenvalue weighted by molar-refractivity contribution is -0.137. The molecule has 2 N–H and O–H groups in total. The van der Waals surface area contributed by atoms with Gasteiger partial charge in [-0.2, -0.15) is 13.2 Å². The lowest BCUT2D eigenvalue weighted by atomic mass is 10.1. The van der Waals surface area contributed by atoms with E-state index in [1.165, 1.54) is 6.07 Å². The predicted octanol–water partition coefficient (Wildman–Crippen LogP) is 2.62. The van der Waals surface area contributed by atoms with Gasteiger partial charge in [0.05, 0.1) is 5.56 Å². The van der Waals surface area contributed by atoms with Crippen molar-refractivity contribution in [2.45, 2.75) is 25.7 Å². The van der Waals surface area contributed by atoms with Gasteiger partial charge >= 0.3 is 6.18 Å². The van der Waals surface area contributed by atoms with E-state index in [-0.39, 0.29) is 30.5 Å². The van der Waals surface area contributed by atoms with Crippen LogP contribution in [-0.4, -0.2) is 68.6 Å². The fourth-order valence-corrected chi connectivity index (χ4v) is 2.90. The van der Waals surface area contributed by atoms with Crippen LogP contribution in [0.15, 0.2) is 29.3 Å². The molecule has 1 heterocycles. The van der Waals surface area contributed by atoms with E-state index in [1.807, 2.05) is 0 Å². The van der Waals surface area contributed by atoms with Crippen molar-refractivity contribution in [1.82, 2.24) is 20.4 Å². The van der Waals surface area contributed by atoms with Crippen LogP contribution in [0.3, 0.4) is 0 Å². The predicted molar refractivity (Wildman–Crippen MR) is 114 cm³/mol. The molecule has 0 amide bonds. The van der Waals surface area contributed by atoms with Gasteiger partial charge in [0, 0.05) is 52.4 Å². The molecule has 0 spiro atoms. The maximum absolute atomic E-state index is 12.8. The molecule has 1 aliphatic heterocycles. The van der Waals surface area contributed by atoms with Crippen LogP contribution in [0.5, 0.6) is 0 Å². The first-order valence-corrected chi connectivity index (χ1v) is 8.83. The van der Waals surface area contributed by atoms with Crippen LogP contribution in [0, 0.1) is 0 Å². The van der Waals surface area contributed by atoms with Gasteiger partial charge in [0.2, 0.25) is 0 Å². The van der Waals surface area contributed by atoms with Crippen LogP contribution in [0.2, 0.25) is 0 Å². The third-order valence-electron chi connectivity index (χ3n) is 4.66. The third-order valence-corrected chi connectivity index (χ3v) is 4.66. The quantitative estimate of drug-likeness (QED) is 0.372. The van der Waals surface area contributed by atoms with Crippen molar-refractivity contribution in [3.05, 3.63) is 35.4 Å². The molecule has 0 radical (unpaired) electrons. The molecule has 0 saturated carbocycles. The van der Waals surface area contributed by atoms with Crippen molar-refractivity contribution in [2.75, 3.05) is 46.8 Å². The number of hydrogen-bond acceptors (Lipinski definition) is 3. The van der Waals surface area contributed by atoms with Gasteiger partial charge in [-0.1, -0.05) is 12.1 Å². The molecule has 1 fully saturated rings. The summed E-state index contributed by atoms with van der Waals surface area (Å²) in [7, 11) is 3.78. The molecular formula is C18H29F3IN5. The zero-order valence-electron chi connectivity index (χ0n) is 16.0. The first kappa shape index (κ1) is 24.0. The van der Waals surface area contributed by atoms with E-state index in [1.54, 1.807) is 13.1 Å². The first-order valence-electron chi connectivity index (χ1n) is 8.83. The number of aliphatic imine (C=N–C) groups is 1. The first-order chi connectivity index (χ1) is 12.3. The molecule has 5 nitrogen and oxygen atoms in total. The highest BCUT2D eigenvalue weighted by Crippen LogP contribution is 2.29. The van der Waals surface area contributed by atoms with Crippen LogP contribution in [-0.2, 0) is 12.7 Å². The summed E-state index contributed by atoms with van der Waals surface area (Å²) in [5.74, 6) is 0.586. The van der Waals surface area contributed by atoms with Crippen molar-refractivity contribution in [3.8, 4) is 0 Å². The van der Waals surface area contributed by atoms with Gasteiger partial charge < -0.3 is 15.5 Å². The Balaban J connectivity index is 0.00000364. The second kappa shape index (κ2) is 11.1. The summed E-state index contributed by atoms with van der Waals surface area (Å²) in [6.07, 6.45) is -4.33. The van der Waals surface area contributed by atoms with Gasteiger partial charge in [-0.05, 0) is 31.7 Å². The summed E-state index contributed by atoms with van der Waals surface area (Å²) in [5.41, 5.74) is -0.0710. The number of likely N-dealkylation sites (N-methyl/N-ethyl adjacent to an activating group) is 1. The Kier molecular flexibility index (Phi) is 9.82. The number of hydrogen-bond donors (Lipinski definition) is 2.